The molecule has 0 unspecified atom stereocenters. The molecule has 0 aromatic carbocycles. The lowest BCUT2D eigenvalue weighted by molar-refractivity contribution is 0.0599. The molecule has 1 heterocycles. The molecular formula is C10H15N3O3. The third-order valence-corrected chi connectivity index (χ3v) is 2.00. The lowest BCUT2D eigenvalue weighted by Crippen LogP contribution is -2.11. The SMILES string of the molecule is COC(=O)c1cnc(NCCCO)nc1C. The fourth-order valence-electron chi connectivity index (χ4n) is 1.14. The number of nitrogens with one attached hydrogen (secondary N) is 1. The summed E-state index contributed by atoms with van der Waals surface area (Å²) < 4.78 is 4.58. The van der Waals surface area contributed by atoms with Gasteiger partial charge in [-0.2, -0.15) is 0 Å². The predicted molar refractivity (Wildman–Crippen MR) is 58.3 cm³/mol. The number of hydrogen-bond donors (Lipinski definition) is 2. The fourth-order valence-corrected chi connectivity index (χ4v) is 1.14. The summed E-state index contributed by atoms with van der Waals surface area (Å²) in [6, 6.07) is 0. The molecule has 1 aromatic rings. The number of methoxy groups -OCH3 is 1. The van der Waals surface area contributed by atoms with E-state index in [2.05, 4.69) is 20.0 Å². The highest BCUT2D eigenvalue weighted by Crippen LogP contribution is 2.08. The van der Waals surface area contributed by atoms with Gasteiger partial charge in [0.25, 0.3) is 0 Å². The molecule has 0 radical (unpaired) electrons. The van der Waals surface area contributed by atoms with Crippen LogP contribution in [0.4, 0.5) is 5.95 Å². The topological polar surface area (TPSA) is 84.3 Å². The Morgan fingerprint density at radius 3 is 2.94 bits per heavy atom. The maximum absolute atomic E-state index is 11.3. The number of esters is 1. The molecule has 0 atom stereocenters. The van der Waals surface area contributed by atoms with Crippen LogP contribution in [0.5, 0.6) is 0 Å². The minimum atomic E-state index is -0.445. The third kappa shape index (κ3) is 3.16. The van der Waals surface area contributed by atoms with Crippen molar-refractivity contribution in [2.45, 2.75) is 13.3 Å². The van der Waals surface area contributed by atoms with E-state index in [4.69, 9.17) is 5.11 Å². The number of anilines is 1. The van der Waals surface area contributed by atoms with Gasteiger partial charge < -0.3 is 15.2 Å². The number of carbonyl (C=O) groups is 1. The molecule has 0 spiro atoms. The van der Waals surface area contributed by atoms with E-state index in [1.807, 2.05) is 0 Å². The van der Waals surface area contributed by atoms with Crippen molar-refractivity contribution in [3.63, 3.8) is 0 Å². The van der Waals surface area contributed by atoms with Crippen LogP contribution in [-0.2, 0) is 4.74 Å². The van der Waals surface area contributed by atoms with Crippen molar-refractivity contribution in [3.05, 3.63) is 17.5 Å². The maximum Gasteiger partial charge on any atom is 0.341 e. The van der Waals surface area contributed by atoms with Crippen LogP contribution < -0.4 is 5.32 Å². The molecule has 1 aromatic heterocycles. The van der Waals surface area contributed by atoms with Gasteiger partial charge >= 0.3 is 5.97 Å². The summed E-state index contributed by atoms with van der Waals surface area (Å²) in [6.45, 7) is 2.42. The second-order valence-corrected chi connectivity index (χ2v) is 3.19. The first-order valence-corrected chi connectivity index (χ1v) is 4.95. The van der Waals surface area contributed by atoms with Gasteiger partial charge in [-0.15, -0.1) is 0 Å². The first-order chi connectivity index (χ1) is 7.69. The fraction of sp³-hybridized carbons (Fsp3) is 0.500. The Labute approximate surface area is 93.7 Å². The molecule has 0 amide bonds. The van der Waals surface area contributed by atoms with Crippen LogP contribution in [0, 0.1) is 6.92 Å². The van der Waals surface area contributed by atoms with Crippen LogP contribution in [0.25, 0.3) is 0 Å². The van der Waals surface area contributed by atoms with Crippen molar-refractivity contribution in [1.29, 1.82) is 0 Å². The summed E-state index contributed by atoms with van der Waals surface area (Å²) in [5.41, 5.74) is 0.920. The van der Waals surface area contributed by atoms with Crippen molar-refractivity contribution in [2.75, 3.05) is 25.6 Å². The van der Waals surface area contributed by atoms with E-state index >= 15 is 0 Å². The van der Waals surface area contributed by atoms with Crippen LogP contribution >= 0.6 is 0 Å². The molecule has 0 fully saturated rings. The Hall–Kier alpha value is -1.69. The summed E-state index contributed by atoms with van der Waals surface area (Å²) in [5.74, 6) is -0.00184. The highest BCUT2D eigenvalue weighted by atomic mass is 16.5. The van der Waals surface area contributed by atoms with Crippen molar-refractivity contribution >= 4 is 11.9 Å². The lowest BCUT2D eigenvalue weighted by atomic mass is 10.2. The van der Waals surface area contributed by atoms with Gasteiger partial charge in [0.05, 0.1) is 18.4 Å². The molecule has 0 aliphatic rings. The van der Waals surface area contributed by atoms with Crippen molar-refractivity contribution in [1.82, 2.24) is 9.97 Å². The molecule has 6 nitrogen and oxygen atoms in total. The van der Waals surface area contributed by atoms with Crippen molar-refractivity contribution in [3.8, 4) is 0 Å². The Morgan fingerprint density at radius 1 is 1.62 bits per heavy atom. The number of aryl methyl sites for hydroxylation is 1. The zero-order valence-corrected chi connectivity index (χ0v) is 9.36. The van der Waals surface area contributed by atoms with Gasteiger partial charge in [-0.1, -0.05) is 0 Å². The molecule has 0 saturated carbocycles. The summed E-state index contributed by atoms with van der Waals surface area (Å²) in [7, 11) is 1.31. The van der Waals surface area contributed by atoms with E-state index < -0.39 is 5.97 Å². The predicted octanol–water partition coefficient (Wildman–Crippen LogP) is 0.366. The average Bonchev–Trinajstić information content (AvgIpc) is 2.29. The molecule has 0 aliphatic heterocycles. The number of carbonyl (C=O) groups excluding carboxylic acids is 1. The van der Waals surface area contributed by atoms with E-state index in [-0.39, 0.29) is 6.61 Å². The number of aliphatic hydroxyl groups is 1. The van der Waals surface area contributed by atoms with Crippen molar-refractivity contribution in [2.24, 2.45) is 0 Å². The molecule has 88 valence electrons. The molecule has 1 rings (SSSR count). The Bertz CT molecular complexity index is 368. The minimum Gasteiger partial charge on any atom is -0.465 e. The van der Waals surface area contributed by atoms with Gasteiger partial charge in [0.2, 0.25) is 5.95 Å². The lowest BCUT2D eigenvalue weighted by Gasteiger charge is -2.06. The zero-order chi connectivity index (χ0) is 12.0. The minimum absolute atomic E-state index is 0.117. The van der Waals surface area contributed by atoms with Crippen molar-refractivity contribution < 1.29 is 14.6 Å². The first kappa shape index (κ1) is 12.4. The second-order valence-electron chi connectivity index (χ2n) is 3.19. The Kier molecular flexibility index (Phi) is 4.65. The maximum atomic E-state index is 11.3. The summed E-state index contributed by atoms with van der Waals surface area (Å²) in [5, 5.41) is 11.5. The summed E-state index contributed by atoms with van der Waals surface area (Å²) >= 11 is 0. The van der Waals surface area contributed by atoms with Gasteiger partial charge in [-0.3, -0.25) is 0 Å². The van der Waals surface area contributed by atoms with Crippen LogP contribution in [-0.4, -0.2) is 41.3 Å². The number of aliphatic hydroxyl groups excluding tert-OH is 1. The Morgan fingerprint density at radius 2 is 2.38 bits per heavy atom. The summed E-state index contributed by atoms with van der Waals surface area (Å²) in [6.07, 6.45) is 2.05. The molecular weight excluding hydrogens is 210 g/mol. The van der Waals surface area contributed by atoms with E-state index in [0.29, 0.717) is 30.2 Å². The number of rotatable bonds is 5. The van der Waals surface area contributed by atoms with E-state index in [1.54, 1.807) is 6.92 Å². The first-order valence-electron chi connectivity index (χ1n) is 4.95. The normalized spacial score (nSPS) is 9.94. The van der Waals surface area contributed by atoms with Crippen LogP contribution in [0.3, 0.4) is 0 Å². The van der Waals surface area contributed by atoms with Gasteiger partial charge in [-0.25, -0.2) is 14.8 Å². The highest BCUT2D eigenvalue weighted by molar-refractivity contribution is 5.90. The monoisotopic (exact) mass is 225 g/mol. The number of nitrogens with zero attached hydrogens (tertiary/aromatic N) is 2. The molecule has 0 bridgehead atoms. The van der Waals surface area contributed by atoms with E-state index in [0.717, 1.165) is 0 Å². The Balaban J connectivity index is 2.71. The molecule has 6 heteroatoms. The third-order valence-electron chi connectivity index (χ3n) is 2.00. The molecule has 0 aliphatic carbocycles. The zero-order valence-electron chi connectivity index (χ0n) is 9.36. The highest BCUT2D eigenvalue weighted by Gasteiger charge is 2.11. The number of hydrogen-bond acceptors (Lipinski definition) is 6. The largest absolute Gasteiger partial charge is 0.465 e. The van der Waals surface area contributed by atoms with Gasteiger partial charge in [0, 0.05) is 19.3 Å². The number of aromatic nitrogens is 2. The smallest absolute Gasteiger partial charge is 0.341 e. The van der Waals surface area contributed by atoms with Crippen LogP contribution in [0.2, 0.25) is 0 Å². The van der Waals surface area contributed by atoms with Gasteiger partial charge in [0.1, 0.15) is 0 Å². The molecule has 2 N–H and O–H groups in total. The van der Waals surface area contributed by atoms with Crippen LogP contribution in [0.1, 0.15) is 22.5 Å². The molecule has 16 heavy (non-hydrogen) atoms. The quantitative estimate of drug-likeness (QED) is 0.556. The van der Waals surface area contributed by atoms with E-state index in [1.165, 1.54) is 13.3 Å². The second kappa shape index (κ2) is 6.02. The van der Waals surface area contributed by atoms with Gasteiger partial charge in [-0.05, 0) is 13.3 Å². The van der Waals surface area contributed by atoms with Crippen LogP contribution in [0.15, 0.2) is 6.20 Å². The van der Waals surface area contributed by atoms with Gasteiger partial charge in [0.15, 0.2) is 0 Å². The van der Waals surface area contributed by atoms with E-state index in [9.17, 15) is 4.79 Å². The number of ether oxygens (including phenoxy) is 1. The standard InChI is InChI=1S/C10H15N3O3/c1-7-8(9(15)16-2)6-12-10(13-7)11-4-3-5-14/h6,14H,3-5H2,1-2H3,(H,11,12,13). The molecule has 0 saturated heterocycles. The summed E-state index contributed by atoms with van der Waals surface area (Å²) in [4.78, 5) is 19.3. The average molecular weight is 225 g/mol.